The van der Waals surface area contributed by atoms with Crippen molar-refractivity contribution in [3.63, 3.8) is 0 Å². The summed E-state index contributed by atoms with van der Waals surface area (Å²) in [5, 5.41) is 22.3. The van der Waals surface area contributed by atoms with Crippen LogP contribution in [0.5, 0.6) is 0 Å². The van der Waals surface area contributed by atoms with Gasteiger partial charge in [0.2, 0.25) is 5.91 Å². The Kier molecular flexibility index (Phi) is 6.64. The van der Waals surface area contributed by atoms with Crippen LogP contribution in [0.4, 0.5) is 0 Å². The molecule has 1 rings (SSSR count). The van der Waals surface area contributed by atoms with E-state index in [9.17, 15) is 14.4 Å². The van der Waals surface area contributed by atoms with Crippen molar-refractivity contribution in [3.05, 3.63) is 34.9 Å². The summed E-state index contributed by atoms with van der Waals surface area (Å²) in [6, 6.07) is 5.14. The van der Waals surface area contributed by atoms with Crippen molar-refractivity contribution in [1.82, 2.24) is 10.6 Å². The van der Waals surface area contributed by atoms with Crippen LogP contribution in [0.25, 0.3) is 0 Å². The molecule has 0 aliphatic carbocycles. The maximum absolute atomic E-state index is 11.8. The van der Waals surface area contributed by atoms with E-state index in [0.29, 0.717) is 0 Å². The van der Waals surface area contributed by atoms with Crippen molar-refractivity contribution in [1.29, 1.82) is 0 Å². The summed E-state index contributed by atoms with van der Waals surface area (Å²) in [7, 11) is 0. The number of aliphatic hydroxyl groups is 1. The summed E-state index contributed by atoms with van der Waals surface area (Å²) < 4.78 is 0. The number of halogens is 1. The van der Waals surface area contributed by atoms with Gasteiger partial charge < -0.3 is 20.8 Å². The Bertz CT molecular complexity index is 535. The number of rotatable bonds is 7. The third-order valence-corrected chi connectivity index (χ3v) is 2.91. The molecule has 0 unspecified atom stereocenters. The monoisotopic (exact) mass is 314 g/mol. The summed E-state index contributed by atoms with van der Waals surface area (Å²) in [4.78, 5) is 34.1. The third kappa shape index (κ3) is 5.41. The summed E-state index contributed by atoms with van der Waals surface area (Å²) in [5.74, 6) is -2.46. The molecule has 0 heterocycles. The van der Waals surface area contributed by atoms with Crippen molar-refractivity contribution in [2.45, 2.75) is 12.5 Å². The van der Waals surface area contributed by atoms with Gasteiger partial charge in [-0.05, 0) is 12.1 Å². The molecule has 1 aromatic rings. The molecular weight excluding hydrogens is 300 g/mol. The molecule has 1 aromatic carbocycles. The molecule has 2 amide bonds. The van der Waals surface area contributed by atoms with Crippen LogP contribution in [0.1, 0.15) is 16.8 Å². The Morgan fingerprint density at radius 1 is 1.24 bits per heavy atom. The molecule has 0 saturated carbocycles. The molecule has 7 nitrogen and oxygen atoms in total. The first-order valence-electron chi connectivity index (χ1n) is 6.11. The normalized spacial score (nSPS) is 11.5. The van der Waals surface area contributed by atoms with Gasteiger partial charge in [0.1, 0.15) is 6.04 Å². The molecule has 0 fully saturated rings. The number of carbonyl (C=O) groups is 3. The summed E-state index contributed by atoms with van der Waals surface area (Å²) >= 11 is 5.83. The minimum Gasteiger partial charge on any atom is -0.480 e. The summed E-state index contributed by atoms with van der Waals surface area (Å²) in [6.07, 6.45) is -0.112. The highest BCUT2D eigenvalue weighted by Crippen LogP contribution is 2.14. The molecule has 0 saturated heterocycles. The fourth-order valence-corrected chi connectivity index (χ4v) is 1.75. The molecule has 0 spiro atoms. The predicted molar refractivity (Wildman–Crippen MR) is 75.1 cm³/mol. The molecule has 1 atom stereocenters. The van der Waals surface area contributed by atoms with Crippen molar-refractivity contribution in [2.24, 2.45) is 0 Å². The van der Waals surface area contributed by atoms with Gasteiger partial charge in [-0.25, -0.2) is 4.79 Å². The lowest BCUT2D eigenvalue weighted by atomic mass is 10.2. The van der Waals surface area contributed by atoms with Crippen LogP contribution in [0, 0.1) is 0 Å². The predicted octanol–water partition coefficient (Wildman–Crippen LogP) is 0.0216. The van der Waals surface area contributed by atoms with Gasteiger partial charge >= 0.3 is 5.97 Å². The van der Waals surface area contributed by atoms with Gasteiger partial charge in [0, 0.05) is 13.0 Å². The van der Waals surface area contributed by atoms with Crippen LogP contribution >= 0.6 is 11.6 Å². The Morgan fingerprint density at radius 3 is 2.48 bits per heavy atom. The third-order valence-electron chi connectivity index (χ3n) is 2.58. The number of carboxylic acid groups (broad SMARTS) is 1. The lowest BCUT2D eigenvalue weighted by Crippen LogP contribution is -2.45. The number of carboxylic acids is 1. The van der Waals surface area contributed by atoms with Crippen LogP contribution in [0.3, 0.4) is 0 Å². The zero-order valence-corrected chi connectivity index (χ0v) is 11.8. The van der Waals surface area contributed by atoms with Gasteiger partial charge in [-0.1, -0.05) is 23.7 Å². The van der Waals surface area contributed by atoms with Crippen LogP contribution in [-0.4, -0.2) is 47.2 Å². The first kappa shape index (κ1) is 16.9. The van der Waals surface area contributed by atoms with E-state index in [-0.39, 0.29) is 30.2 Å². The SMILES string of the molecule is O=C(CNC(=O)c1ccccc1Cl)N[C@H](CCO)C(=O)O. The van der Waals surface area contributed by atoms with Crippen LogP contribution < -0.4 is 10.6 Å². The van der Waals surface area contributed by atoms with Crippen LogP contribution in [0.2, 0.25) is 5.02 Å². The summed E-state index contributed by atoms with van der Waals surface area (Å²) in [5.41, 5.74) is 0.220. The van der Waals surface area contributed by atoms with Gasteiger partial charge in [-0.15, -0.1) is 0 Å². The second kappa shape index (κ2) is 8.23. The fraction of sp³-hybridized carbons (Fsp3) is 0.308. The number of carbonyl (C=O) groups excluding carboxylic acids is 2. The number of hydrogen-bond acceptors (Lipinski definition) is 4. The standard InChI is InChI=1S/C13H15ClN2O5/c14-9-4-2-1-3-8(9)12(19)15-7-11(18)16-10(5-6-17)13(20)21/h1-4,10,17H,5-7H2,(H,15,19)(H,16,18)(H,20,21)/t10-/m1/s1. The molecule has 21 heavy (non-hydrogen) atoms. The molecule has 0 bridgehead atoms. The first-order chi connectivity index (χ1) is 9.95. The highest BCUT2D eigenvalue weighted by atomic mass is 35.5. The van der Waals surface area contributed by atoms with Crippen molar-refractivity contribution in [2.75, 3.05) is 13.2 Å². The van der Waals surface area contributed by atoms with E-state index in [1.165, 1.54) is 12.1 Å². The zero-order valence-electron chi connectivity index (χ0n) is 11.0. The molecule has 0 aromatic heterocycles. The maximum Gasteiger partial charge on any atom is 0.326 e. The minimum atomic E-state index is -1.25. The second-order valence-corrected chi connectivity index (χ2v) is 4.54. The average Bonchev–Trinajstić information content (AvgIpc) is 2.44. The van der Waals surface area contributed by atoms with E-state index in [4.69, 9.17) is 21.8 Å². The van der Waals surface area contributed by atoms with Gasteiger partial charge in [0.05, 0.1) is 17.1 Å². The van der Waals surface area contributed by atoms with Crippen molar-refractivity contribution >= 4 is 29.4 Å². The Morgan fingerprint density at radius 2 is 1.90 bits per heavy atom. The van der Waals surface area contributed by atoms with Gasteiger partial charge in [0.25, 0.3) is 5.91 Å². The molecular formula is C13H15ClN2O5. The smallest absolute Gasteiger partial charge is 0.326 e. The van der Waals surface area contributed by atoms with Gasteiger partial charge in [0.15, 0.2) is 0 Å². The van der Waals surface area contributed by atoms with E-state index < -0.39 is 23.8 Å². The summed E-state index contributed by atoms with van der Waals surface area (Å²) in [6.45, 7) is -0.761. The maximum atomic E-state index is 11.8. The van der Waals surface area contributed by atoms with E-state index >= 15 is 0 Å². The molecule has 8 heteroatoms. The van der Waals surface area contributed by atoms with E-state index in [1.807, 2.05) is 0 Å². The Hall–Kier alpha value is -2.12. The molecule has 114 valence electrons. The quantitative estimate of drug-likeness (QED) is 0.566. The number of aliphatic carboxylic acids is 1. The van der Waals surface area contributed by atoms with Gasteiger partial charge in [-0.3, -0.25) is 9.59 Å². The second-order valence-electron chi connectivity index (χ2n) is 4.13. The number of amides is 2. The topological polar surface area (TPSA) is 116 Å². The zero-order chi connectivity index (χ0) is 15.8. The van der Waals surface area contributed by atoms with E-state index in [1.54, 1.807) is 12.1 Å². The first-order valence-corrected chi connectivity index (χ1v) is 6.49. The van der Waals surface area contributed by atoms with Crippen molar-refractivity contribution in [3.8, 4) is 0 Å². The molecule has 0 aliphatic rings. The lowest BCUT2D eigenvalue weighted by Gasteiger charge is -2.13. The Labute approximate surface area is 125 Å². The average molecular weight is 315 g/mol. The highest BCUT2D eigenvalue weighted by Gasteiger charge is 2.19. The fourth-order valence-electron chi connectivity index (χ4n) is 1.53. The van der Waals surface area contributed by atoms with E-state index in [2.05, 4.69) is 10.6 Å². The molecule has 0 radical (unpaired) electrons. The van der Waals surface area contributed by atoms with Crippen LogP contribution in [0.15, 0.2) is 24.3 Å². The number of nitrogens with one attached hydrogen (secondary N) is 2. The minimum absolute atomic E-state index is 0.112. The largest absolute Gasteiger partial charge is 0.480 e. The van der Waals surface area contributed by atoms with Gasteiger partial charge in [-0.2, -0.15) is 0 Å². The Balaban J connectivity index is 2.51. The highest BCUT2D eigenvalue weighted by molar-refractivity contribution is 6.33. The molecule has 4 N–H and O–H groups in total. The number of hydrogen-bond donors (Lipinski definition) is 4. The van der Waals surface area contributed by atoms with Crippen molar-refractivity contribution < 1.29 is 24.6 Å². The molecule has 0 aliphatic heterocycles. The number of benzene rings is 1. The number of aliphatic hydroxyl groups excluding tert-OH is 1. The van der Waals surface area contributed by atoms with Crippen LogP contribution in [-0.2, 0) is 9.59 Å². The lowest BCUT2D eigenvalue weighted by molar-refractivity contribution is -0.142. The van der Waals surface area contributed by atoms with E-state index in [0.717, 1.165) is 0 Å².